The Morgan fingerprint density at radius 2 is 1.41 bits per heavy atom. The molecule has 0 aliphatic heterocycles. The maximum Gasteiger partial charge on any atom is 0.119 e. The Labute approximate surface area is 179 Å². The van der Waals surface area contributed by atoms with Crippen LogP contribution in [0, 0.1) is 35.5 Å². The molecule has 2 aliphatic carbocycles. The van der Waals surface area contributed by atoms with Gasteiger partial charge >= 0.3 is 0 Å². The zero-order valence-electron chi connectivity index (χ0n) is 18.7. The van der Waals surface area contributed by atoms with E-state index in [1.54, 1.807) is 0 Å². The quantitative estimate of drug-likeness (QED) is 0.430. The predicted molar refractivity (Wildman–Crippen MR) is 124 cm³/mol. The lowest BCUT2D eigenvalue weighted by molar-refractivity contribution is 0.224. The van der Waals surface area contributed by atoms with Gasteiger partial charge in [-0.1, -0.05) is 69.8 Å². The first-order valence-electron chi connectivity index (χ1n) is 12.2. The number of benzene rings is 1. The lowest BCUT2D eigenvalue weighted by atomic mass is 9.75. The van der Waals surface area contributed by atoms with Gasteiger partial charge in [0.05, 0.1) is 6.61 Å². The van der Waals surface area contributed by atoms with Crippen LogP contribution >= 0.6 is 0 Å². The van der Waals surface area contributed by atoms with Crippen molar-refractivity contribution in [2.75, 3.05) is 6.61 Å². The maximum absolute atomic E-state index is 5.47. The van der Waals surface area contributed by atoms with Crippen LogP contribution in [0.15, 0.2) is 36.4 Å². The molecule has 158 valence electrons. The summed E-state index contributed by atoms with van der Waals surface area (Å²) in [4.78, 5) is 0. The predicted octanol–water partition coefficient (Wildman–Crippen LogP) is 7.80. The van der Waals surface area contributed by atoms with Crippen LogP contribution in [-0.2, 0) is 0 Å². The van der Waals surface area contributed by atoms with Crippen molar-refractivity contribution in [1.29, 1.82) is 0 Å². The monoisotopic (exact) mass is 392 g/mol. The molecule has 0 radical (unpaired) electrons. The van der Waals surface area contributed by atoms with Crippen molar-refractivity contribution in [1.82, 2.24) is 0 Å². The Morgan fingerprint density at radius 1 is 0.828 bits per heavy atom. The van der Waals surface area contributed by atoms with E-state index in [0.29, 0.717) is 6.61 Å². The summed E-state index contributed by atoms with van der Waals surface area (Å²) in [6.45, 7) is 5.07. The van der Waals surface area contributed by atoms with E-state index in [4.69, 9.17) is 4.74 Å². The van der Waals surface area contributed by atoms with Crippen LogP contribution in [0.1, 0.15) is 90.0 Å². The minimum atomic E-state index is 0.704. The highest BCUT2D eigenvalue weighted by molar-refractivity contribution is 5.40. The Morgan fingerprint density at radius 3 is 2.00 bits per heavy atom. The summed E-state index contributed by atoms with van der Waals surface area (Å²) in [5, 5.41) is 0. The van der Waals surface area contributed by atoms with E-state index in [1.807, 2.05) is 31.2 Å². The summed E-state index contributed by atoms with van der Waals surface area (Å²) in [6.07, 6.45) is 20.4. The number of allylic oxidation sites excluding steroid dienone is 2. The first-order valence-corrected chi connectivity index (χ1v) is 12.2. The second-order valence-electron chi connectivity index (χ2n) is 9.24. The molecule has 1 nitrogen and oxygen atoms in total. The van der Waals surface area contributed by atoms with Gasteiger partial charge < -0.3 is 4.74 Å². The highest BCUT2D eigenvalue weighted by Crippen LogP contribution is 2.37. The number of hydrogen-bond donors (Lipinski definition) is 0. The molecule has 1 aromatic carbocycles. The van der Waals surface area contributed by atoms with Gasteiger partial charge in [0.1, 0.15) is 5.75 Å². The summed E-state index contributed by atoms with van der Waals surface area (Å²) in [5.41, 5.74) is 1.05. The Bertz CT molecular complexity index is 659. The van der Waals surface area contributed by atoms with E-state index in [2.05, 4.69) is 30.9 Å². The van der Waals surface area contributed by atoms with E-state index < -0.39 is 0 Å². The molecular formula is C28H40O. The molecule has 0 spiro atoms. The van der Waals surface area contributed by atoms with Crippen LogP contribution in [0.25, 0.3) is 0 Å². The second-order valence-corrected chi connectivity index (χ2v) is 9.24. The van der Waals surface area contributed by atoms with Crippen LogP contribution in [0.2, 0.25) is 0 Å². The molecule has 0 aromatic heterocycles. The number of ether oxygens (including phenoxy) is 1. The van der Waals surface area contributed by atoms with Gasteiger partial charge in [-0.3, -0.25) is 0 Å². The first-order chi connectivity index (χ1) is 14.3. The number of rotatable bonds is 7. The fraction of sp³-hybridized carbons (Fsp3) is 0.643. The van der Waals surface area contributed by atoms with Crippen molar-refractivity contribution >= 4 is 0 Å². The second kappa shape index (κ2) is 12.1. The summed E-state index contributed by atoms with van der Waals surface area (Å²) >= 11 is 0. The van der Waals surface area contributed by atoms with Crippen molar-refractivity contribution in [3.05, 3.63) is 42.0 Å². The largest absolute Gasteiger partial charge is 0.494 e. The molecule has 0 atom stereocenters. The van der Waals surface area contributed by atoms with Crippen molar-refractivity contribution in [2.24, 2.45) is 23.7 Å². The molecule has 1 aromatic rings. The molecule has 2 fully saturated rings. The van der Waals surface area contributed by atoms with E-state index >= 15 is 0 Å². The summed E-state index contributed by atoms with van der Waals surface area (Å²) in [5.74, 6) is 11.2. The lowest BCUT2D eigenvalue weighted by Crippen LogP contribution is -2.17. The van der Waals surface area contributed by atoms with E-state index in [0.717, 1.165) is 35.0 Å². The summed E-state index contributed by atoms with van der Waals surface area (Å²) in [6, 6.07) is 8.05. The third kappa shape index (κ3) is 7.58. The maximum atomic E-state index is 5.47. The molecule has 0 amide bonds. The standard InChI is InChI=1S/C28H40O/c1-3-23-9-11-26(12-10-23)17-18-27-15-13-24(14-16-27)7-5-6-8-25-19-21-28(22-20-25)29-4-2/h5,7,19-24,26-27H,3-4,9-18H2,1-2H3. The van der Waals surface area contributed by atoms with Gasteiger partial charge in [-0.05, 0) is 86.6 Å². The Kier molecular flexibility index (Phi) is 9.20. The molecule has 2 saturated carbocycles. The van der Waals surface area contributed by atoms with E-state index in [9.17, 15) is 0 Å². The fourth-order valence-electron chi connectivity index (χ4n) is 5.18. The zero-order valence-corrected chi connectivity index (χ0v) is 18.7. The topological polar surface area (TPSA) is 9.23 Å². The van der Waals surface area contributed by atoms with Crippen LogP contribution in [0.3, 0.4) is 0 Å². The van der Waals surface area contributed by atoms with Crippen molar-refractivity contribution in [3.63, 3.8) is 0 Å². The Balaban J connectivity index is 1.32. The third-order valence-corrected chi connectivity index (χ3v) is 7.25. The highest BCUT2D eigenvalue weighted by atomic mass is 16.5. The smallest absolute Gasteiger partial charge is 0.119 e. The average molecular weight is 393 g/mol. The molecule has 29 heavy (non-hydrogen) atoms. The van der Waals surface area contributed by atoms with Gasteiger partial charge in [0.25, 0.3) is 0 Å². The lowest BCUT2D eigenvalue weighted by Gasteiger charge is -2.31. The minimum absolute atomic E-state index is 0.704. The molecular weight excluding hydrogens is 352 g/mol. The summed E-state index contributed by atoms with van der Waals surface area (Å²) in [7, 11) is 0. The summed E-state index contributed by atoms with van der Waals surface area (Å²) < 4.78 is 5.47. The van der Waals surface area contributed by atoms with Crippen molar-refractivity contribution in [2.45, 2.75) is 84.5 Å². The molecule has 0 bridgehead atoms. The van der Waals surface area contributed by atoms with Gasteiger partial charge in [-0.25, -0.2) is 0 Å². The minimum Gasteiger partial charge on any atom is -0.494 e. The van der Waals surface area contributed by atoms with Gasteiger partial charge in [-0.2, -0.15) is 0 Å². The van der Waals surface area contributed by atoms with E-state index in [1.165, 1.54) is 70.6 Å². The zero-order chi connectivity index (χ0) is 20.3. The molecule has 0 saturated heterocycles. The van der Waals surface area contributed by atoms with Gasteiger partial charge in [0.15, 0.2) is 0 Å². The van der Waals surface area contributed by atoms with Crippen LogP contribution < -0.4 is 4.74 Å². The average Bonchev–Trinajstić information content (AvgIpc) is 2.78. The molecule has 0 heterocycles. The van der Waals surface area contributed by atoms with Crippen LogP contribution in [0.4, 0.5) is 0 Å². The third-order valence-electron chi connectivity index (χ3n) is 7.25. The molecule has 0 unspecified atom stereocenters. The fourth-order valence-corrected chi connectivity index (χ4v) is 5.18. The van der Waals surface area contributed by atoms with Gasteiger partial charge in [-0.15, -0.1) is 0 Å². The molecule has 0 N–H and O–H groups in total. The molecule has 3 rings (SSSR count). The van der Waals surface area contributed by atoms with Crippen molar-refractivity contribution in [3.8, 4) is 17.6 Å². The van der Waals surface area contributed by atoms with Gasteiger partial charge in [0, 0.05) is 5.56 Å². The highest BCUT2D eigenvalue weighted by Gasteiger charge is 2.23. The normalized spacial score (nSPS) is 27.4. The van der Waals surface area contributed by atoms with Crippen LogP contribution in [-0.4, -0.2) is 6.61 Å². The number of hydrogen-bond acceptors (Lipinski definition) is 1. The SMILES string of the molecule is CCOc1ccc(C#CC=CC2CCC(CCC3CCC(CC)CC3)CC2)cc1. The van der Waals surface area contributed by atoms with Gasteiger partial charge in [0.2, 0.25) is 0 Å². The molecule has 1 heteroatoms. The van der Waals surface area contributed by atoms with E-state index in [-0.39, 0.29) is 0 Å². The molecule has 2 aliphatic rings. The Hall–Kier alpha value is -1.68. The first kappa shape index (κ1) is 22.0. The van der Waals surface area contributed by atoms with Crippen LogP contribution in [0.5, 0.6) is 5.75 Å². The van der Waals surface area contributed by atoms with Crippen molar-refractivity contribution < 1.29 is 4.74 Å².